The molecule has 8 heteroatoms. The lowest BCUT2D eigenvalue weighted by atomic mass is 10.00. The molecule has 2 heterocycles. The Balaban J connectivity index is 0.00000243. The van der Waals surface area contributed by atoms with Crippen molar-refractivity contribution in [2.75, 3.05) is 19.6 Å². The molecule has 1 unspecified atom stereocenters. The number of halogens is 2. The molecule has 0 bridgehead atoms. The highest BCUT2D eigenvalue weighted by molar-refractivity contribution is 6.30. The number of nitrogens with zero attached hydrogens (tertiary/aromatic N) is 3. The first-order chi connectivity index (χ1) is 12.2. The Hall–Kier alpha value is -1.63. The van der Waals surface area contributed by atoms with E-state index >= 15 is 0 Å². The van der Waals surface area contributed by atoms with Crippen LogP contribution in [0.3, 0.4) is 0 Å². The molecule has 1 aromatic carbocycles. The predicted octanol–water partition coefficient (Wildman–Crippen LogP) is 3.02. The number of piperidine rings is 1. The minimum absolute atomic E-state index is 0. The first-order valence-electron chi connectivity index (χ1n) is 8.88. The zero-order chi connectivity index (χ0) is 17.6. The van der Waals surface area contributed by atoms with Crippen LogP contribution in [0.2, 0.25) is 5.02 Å². The SMILES string of the molecule is CCCc1c(C(=O)NCC2CCCNC2)nnn1-c1cccc(Cl)c1.Cl. The van der Waals surface area contributed by atoms with Gasteiger partial charge in [0, 0.05) is 11.6 Å². The van der Waals surface area contributed by atoms with Crippen molar-refractivity contribution in [3.63, 3.8) is 0 Å². The molecule has 26 heavy (non-hydrogen) atoms. The van der Waals surface area contributed by atoms with Gasteiger partial charge in [-0.1, -0.05) is 36.2 Å². The molecule has 1 amide bonds. The van der Waals surface area contributed by atoms with Gasteiger partial charge in [-0.25, -0.2) is 4.68 Å². The van der Waals surface area contributed by atoms with E-state index in [1.165, 1.54) is 0 Å². The van der Waals surface area contributed by atoms with Gasteiger partial charge in [0.2, 0.25) is 0 Å². The predicted molar refractivity (Wildman–Crippen MR) is 106 cm³/mol. The van der Waals surface area contributed by atoms with Crippen LogP contribution < -0.4 is 10.6 Å². The van der Waals surface area contributed by atoms with Gasteiger partial charge >= 0.3 is 0 Å². The minimum atomic E-state index is -0.151. The normalized spacial score (nSPS) is 16.8. The quantitative estimate of drug-likeness (QED) is 0.785. The molecule has 0 saturated carbocycles. The highest BCUT2D eigenvalue weighted by atomic mass is 35.5. The van der Waals surface area contributed by atoms with Crippen molar-refractivity contribution >= 4 is 29.9 Å². The van der Waals surface area contributed by atoms with Crippen LogP contribution in [-0.2, 0) is 6.42 Å². The second-order valence-corrected chi connectivity index (χ2v) is 6.89. The Kier molecular flexibility index (Phi) is 7.87. The van der Waals surface area contributed by atoms with Gasteiger partial charge in [0.25, 0.3) is 5.91 Å². The highest BCUT2D eigenvalue weighted by Gasteiger charge is 2.21. The van der Waals surface area contributed by atoms with Crippen LogP contribution in [0.4, 0.5) is 0 Å². The zero-order valence-corrected chi connectivity index (χ0v) is 16.4. The number of nitrogens with one attached hydrogen (secondary N) is 2. The van der Waals surface area contributed by atoms with Crippen LogP contribution in [0.15, 0.2) is 24.3 Å². The van der Waals surface area contributed by atoms with E-state index in [0.29, 0.717) is 23.2 Å². The lowest BCUT2D eigenvalue weighted by molar-refractivity contribution is 0.0938. The fourth-order valence-corrected chi connectivity index (χ4v) is 3.36. The second kappa shape index (κ2) is 9.90. The summed E-state index contributed by atoms with van der Waals surface area (Å²) in [7, 11) is 0. The molecule has 3 rings (SSSR count). The number of hydrogen-bond donors (Lipinski definition) is 2. The summed E-state index contributed by atoms with van der Waals surface area (Å²) in [5.74, 6) is 0.331. The van der Waals surface area contributed by atoms with Crippen molar-refractivity contribution in [2.24, 2.45) is 5.92 Å². The summed E-state index contributed by atoms with van der Waals surface area (Å²) in [6, 6.07) is 7.41. The van der Waals surface area contributed by atoms with Gasteiger partial charge in [-0.15, -0.1) is 17.5 Å². The van der Waals surface area contributed by atoms with Crippen LogP contribution in [0, 0.1) is 5.92 Å². The summed E-state index contributed by atoms with van der Waals surface area (Å²) in [5, 5.41) is 15.4. The van der Waals surface area contributed by atoms with Crippen molar-refractivity contribution in [1.82, 2.24) is 25.6 Å². The van der Waals surface area contributed by atoms with E-state index in [1.54, 1.807) is 4.68 Å². The molecule has 1 aliphatic rings. The fourth-order valence-electron chi connectivity index (χ4n) is 3.17. The Morgan fingerprint density at radius 1 is 1.46 bits per heavy atom. The van der Waals surface area contributed by atoms with Gasteiger partial charge in [0.1, 0.15) is 0 Å². The van der Waals surface area contributed by atoms with Crippen molar-refractivity contribution in [3.05, 3.63) is 40.7 Å². The van der Waals surface area contributed by atoms with Crippen molar-refractivity contribution < 1.29 is 4.79 Å². The lowest BCUT2D eigenvalue weighted by Gasteiger charge is -2.22. The van der Waals surface area contributed by atoms with Crippen LogP contribution >= 0.6 is 24.0 Å². The van der Waals surface area contributed by atoms with E-state index in [-0.39, 0.29) is 18.3 Å². The minimum Gasteiger partial charge on any atom is -0.350 e. The first kappa shape index (κ1) is 20.7. The molecule has 2 aromatic rings. The van der Waals surface area contributed by atoms with Crippen LogP contribution in [0.1, 0.15) is 42.4 Å². The fraction of sp³-hybridized carbons (Fsp3) is 0.500. The Bertz CT molecular complexity index is 728. The molecule has 142 valence electrons. The molecule has 1 saturated heterocycles. The summed E-state index contributed by atoms with van der Waals surface area (Å²) in [6.45, 7) is 4.77. The van der Waals surface area contributed by atoms with Crippen molar-refractivity contribution in [3.8, 4) is 5.69 Å². The molecular formula is C18H25Cl2N5O. The van der Waals surface area contributed by atoms with Gasteiger partial charge in [0.05, 0.1) is 11.4 Å². The van der Waals surface area contributed by atoms with Gasteiger partial charge in [-0.2, -0.15) is 0 Å². The van der Waals surface area contributed by atoms with E-state index in [0.717, 1.165) is 50.2 Å². The number of hydrogen-bond acceptors (Lipinski definition) is 4. The van der Waals surface area contributed by atoms with E-state index < -0.39 is 0 Å². The molecule has 0 radical (unpaired) electrons. The number of amides is 1. The number of benzene rings is 1. The van der Waals surface area contributed by atoms with Crippen LogP contribution in [-0.4, -0.2) is 40.5 Å². The molecule has 1 aromatic heterocycles. The summed E-state index contributed by atoms with van der Waals surface area (Å²) >= 11 is 6.08. The third-order valence-corrected chi connectivity index (χ3v) is 4.70. The molecule has 1 atom stereocenters. The average molecular weight is 398 g/mol. The zero-order valence-electron chi connectivity index (χ0n) is 14.9. The maximum atomic E-state index is 12.6. The number of rotatable bonds is 6. The maximum Gasteiger partial charge on any atom is 0.273 e. The van der Waals surface area contributed by atoms with E-state index in [4.69, 9.17) is 11.6 Å². The largest absolute Gasteiger partial charge is 0.350 e. The molecular weight excluding hydrogens is 373 g/mol. The monoisotopic (exact) mass is 397 g/mol. The smallest absolute Gasteiger partial charge is 0.273 e. The van der Waals surface area contributed by atoms with E-state index in [2.05, 4.69) is 27.9 Å². The van der Waals surface area contributed by atoms with Gasteiger partial charge < -0.3 is 10.6 Å². The lowest BCUT2D eigenvalue weighted by Crippen LogP contribution is -2.38. The molecule has 0 aliphatic carbocycles. The number of carbonyl (C=O) groups is 1. The molecule has 1 fully saturated rings. The summed E-state index contributed by atoms with van der Waals surface area (Å²) in [4.78, 5) is 12.6. The standard InChI is InChI=1S/C18H24ClN5O.ClH/c1-2-5-16-17(18(25)21-12-13-6-4-9-20-11-13)22-23-24(16)15-8-3-7-14(19)10-15;/h3,7-8,10,13,20H,2,4-6,9,11-12H2,1H3,(H,21,25);1H. The van der Waals surface area contributed by atoms with Crippen molar-refractivity contribution in [2.45, 2.75) is 32.6 Å². The summed E-state index contributed by atoms with van der Waals surface area (Å²) in [5.41, 5.74) is 2.05. The maximum absolute atomic E-state index is 12.6. The average Bonchev–Trinajstić information content (AvgIpc) is 3.05. The van der Waals surface area contributed by atoms with Gasteiger partial charge in [-0.3, -0.25) is 4.79 Å². The first-order valence-corrected chi connectivity index (χ1v) is 9.26. The molecule has 1 aliphatic heterocycles. The summed E-state index contributed by atoms with van der Waals surface area (Å²) in [6.07, 6.45) is 3.94. The van der Waals surface area contributed by atoms with E-state index in [1.807, 2.05) is 24.3 Å². The van der Waals surface area contributed by atoms with Gasteiger partial charge in [0.15, 0.2) is 5.69 Å². The van der Waals surface area contributed by atoms with Gasteiger partial charge in [-0.05, 0) is 56.5 Å². The summed E-state index contributed by atoms with van der Waals surface area (Å²) < 4.78 is 1.71. The van der Waals surface area contributed by atoms with Crippen LogP contribution in [0.5, 0.6) is 0 Å². The topological polar surface area (TPSA) is 71.8 Å². The van der Waals surface area contributed by atoms with Crippen LogP contribution in [0.25, 0.3) is 5.69 Å². The molecule has 2 N–H and O–H groups in total. The van der Waals surface area contributed by atoms with E-state index in [9.17, 15) is 4.79 Å². The Morgan fingerprint density at radius 3 is 3.00 bits per heavy atom. The number of carbonyl (C=O) groups excluding carboxylic acids is 1. The third-order valence-electron chi connectivity index (χ3n) is 4.47. The highest BCUT2D eigenvalue weighted by Crippen LogP contribution is 2.18. The number of aromatic nitrogens is 3. The second-order valence-electron chi connectivity index (χ2n) is 6.45. The molecule has 6 nitrogen and oxygen atoms in total. The third kappa shape index (κ3) is 4.96. The Morgan fingerprint density at radius 2 is 2.31 bits per heavy atom. The molecule has 0 spiro atoms. The van der Waals surface area contributed by atoms with Crippen molar-refractivity contribution in [1.29, 1.82) is 0 Å². The Labute approximate surface area is 165 Å².